The third kappa shape index (κ3) is 4.37. The Hall–Kier alpha value is -2.38. The Morgan fingerprint density at radius 3 is 2.60 bits per heavy atom. The highest BCUT2D eigenvalue weighted by Crippen LogP contribution is 2.23. The summed E-state index contributed by atoms with van der Waals surface area (Å²) in [6.07, 6.45) is 0. The van der Waals surface area contributed by atoms with Crippen molar-refractivity contribution < 1.29 is 17.6 Å². The summed E-state index contributed by atoms with van der Waals surface area (Å²) in [7, 11) is -3.70. The molecule has 130 valence electrons. The van der Waals surface area contributed by atoms with Crippen LogP contribution in [-0.2, 0) is 22.2 Å². The fraction of sp³-hybridized carbons (Fsp3) is 0.176. The average Bonchev–Trinajstić information content (AvgIpc) is 3.04. The van der Waals surface area contributed by atoms with Crippen molar-refractivity contribution >= 4 is 21.4 Å². The van der Waals surface area contributed by atoms with Crippen molar-refractivity contribution in [2.24, 2.45) is 0 Å². The van der Waals surface area contributed by atoms with Crippen LogP contribution < -0.4 is 4.74 Å². The van der Waals surface area contributed by atoms with Gasteiger partial charge < -0.3 is 9.15 Å². The number of nitrogens with zero attached hydrogens (tertiary/aromatic N) is 2. The van der Waals surface area contributed by atoms with Crippen LogP contribution in [0.3, 0.4) is 0 Å². The van der Waals surface area contributed by atoms with E-state index < -0.39 is 15.1 Å². The van der Waals surface area contributed by atoms with E-state index in [1.807, 2.05) is 13.0 Å². The van der Waals surface area contributed by atoms with E-state index in [9.17, 15) is 8.42 Å². The minimum absolute atomic E-state index is 0.0314. The van der Waals surface area contributed by atoms with Crippen LogP contribution in [0.1, 0.15) is 17.0 Å². The van der Waals surface area contributed by atoms with Gasteiger partial charge >= 0.3 is 5.22 Å². The summed E-state index contributed by atoms with van der Waals surface area (Å²) in [6, 6.07) is 14.0. The second-order valence-corrected chi connectivity index (χ2v) is 7.71. The van der Waals surface area contributed by atoms with Gasteiger partial charge in [-0.3, -0.25) is 0 Å². The highest BCUT2D eigenvalue weighted by Gasteiger charge is 2.23. The lowest BCUT2D eigenvalue weighted by Gasteiger charge is -2.06. The number of halogens is 1. The van der Waals surface area contributed by atoms with Gasteiger partial charge in [-0.2, -0.15) is 0 Å². The molecule has 3 rings (SSSR count). The highest BCUT2D eigenvalue weighted by molar-refractivity contribution is 7.90. The van der Waals surface area contributed by atoms with Gasteiger partial charge in [0.1, 0.15) is 5.75 Å². The normalized spacial score (nSPS) is 11.4. The van der Waals surface area contributed by atoms with Crippen LogP contribution in [0.2, 0.25) is 5.02 Å². The first-order valence-electron chi connectivity index (χ1n) is 7.42. The molecule has 25 heavy (non-hydrogen) atoms. The molecule has 0 aliphatic carbocycles. The maximum Gasteiger partial charge on any atom is 0.335 e. The van der Waals surface area contributed by atoms with Crippen molar-refractivity contribution in [1.29, 1.82) is 0 Å². The molecule has 3 aromatic rings. The van der Waals surface area contributed by atoms with Crippen LogP contribution in [0, 0.1) is 6.92 Å². The second kappa shape index (κ2) is 7.25. The van der Waals surface area contributed by atoms with Crippen molar-refractivity contribution in [3.8, 4) is 5.75 Å². The first kappa shape index (κ1) is 17.4. The molecule has 0 spiro atoms. The predicted octanol–water partition coefficient (Wildman–Crippen LogP) is 3.58. The van der Waals surface area contributed by atoms with Crippen LogP contribution in [-0.4, -0.2) is 18.6 Å². The lowest BCUT2D eigenvalue weighted by atomic mass is 10.2. The molecule has 0 N–H and O–H groups in total. The molecule has 1 aromatic heterocycles. The van der Waals surface area contributed by atoms with Gasteiger partial charge in [-0.25, -0.2) is 8.42 Å². The zero-order chi connectivity index (χ0) is 17.9. The number of aryl methyl sites for hydroxylation is 1. The maximum atomic E-state index is 12.3. The molecule has 0 fully saturated rings. The minimum atomic E-state index is -3.70. The maximum absolute atomic E-state index is 12.3. The molecule has 0 unspecified atom stereocenters. The average molecular weight is 379 g/mol. The summed E-state index contributed by atoms with van der Waals surface area (Å²) in [6.45, 7) is 1.82. The van der Waals surface area contributed by atoms with Crippen LogP contribution in [0.15, 0.2) is 58.2 Å². The summed E-state index contributed by atoms with van der Waals surface area (Å²) >= 11 is 5.89. The molecular formula is C17H15ClN2O4S. The van der Waals surface area contributed by atoms with Crippen molar-refractivity contribution in [3.63, 3.8) is 0 Å². The zero-order valence-electron chi connectivity index (χ0n) is 13.3. The molecule has 8 heteroatoms. The molecule has 0 amide bonds. The lowest BCUT2D eigenvalue weighted by molar-refractivity contribution is 0.249. The Bertz CT molecular complexity index is 971. The van der Waals surface area contributed by atoms with Crippen molar-refractivity contribution in [1.82, 2.24) is 10.2 Å². The monoisotopic (exact) mass is 378 g/mol. The molecule has 0 bridgehead atoms. The Labute approximate surface area is 150 Å². The number of ether oxygens (including phenoxy) is 1. The first-order valence-corrected chi connectivity index (χ1v) is 9.45. The third-order valence-corrected chi connectivity index (χ3v) is 5.05. The highest BCUT2D eigenvalue weighted by atomic mass is 35.5. The van der Waals surface area contributed by atoms with E-state index in [1.54, 1.807) is 42.5 Å². The fourth-order valence-electron chi connectivity index (χ4n) is 2.19. The van der Waals surface area contributed by atoms with Gasteiger partial charge in [0, 0.05) is 5.02 Å². The first-order chi connectivity index (χ1) is 11.9. The number of benzene rings is 2. The molecule has 0 aliphatic heterocycles. The van der Waals surface area contributed by atoms with Gasteiger partial charge in [-0.15, -0.1) is 5.10 Å². The van der Waals surface area contributed by atoms with E-state index in [2.05, 4.69) is 10.2 Å². The Kier molecular flexibility index (Phi) is 5.06. The van der Waals surface area contributed by atoms with Gasteiger partial charge in [0.05, 0.1) is 5.75 Å². The quantitative estimate of drug-likeness (QED) is 0.652. The summed E-state index contributed by atoms with van der Waals surface area (Å²) in [5, 5.41) is 7.56. The Morgan fingerprint density at radius 2 is 1.88 bits per heavy atom. The molecule has 0 aliphatic rings. The van der Waals surface area contributed by atoms with E-state index in [-0.39, 0.29) is 18.3 Å². The topological polar surface area (TPSA) is 82.3 Å². The van der Waals surface area contributed by atoms with Crippen molar-refractivity contribution in [2.45, 2.75) is 24.5 Å². The van der Waals surface area contributed by atoms with E-state index in [0.29, 0.717) is 16.3 Å². The van der Waals surface area contributed by atoms with Gasteiger partial charge in [0.2, 0.25) is 9.84 Å². The summed E-state index contributed by atoms with van der Waals surface area (Å²) in [4.78, 5) is 0. The van der Waals surface area contributed by atoms with Crippen LogP contribution >= 0.6 is 11.6 Å². The third-order valence-electron chi connectivity index (χ3n) is 3.40. The summed E-state index contributed by atoms with van der Waals surface area (Å²) in [5.74, 6) is 0.490. The van der Waals surface area contributed by atoms with Crippen LogP contribution in [0.4, 0.5) is 0 Å². The fourth-order valence-corrected chi connectivity index (χ4v) is 3.56. The van der Waals surface area contributed by atoms with E-state index >= 15 is 0 Å². The zero-order valence-corrected chi connectivity index (χ0v) is 14.9. The molecule has 0 saturated carbocycles. The van der Waals surface area contributed by atoms with Crippen LogP contribution in [0.5, 0.6) is 5.75 Å². The number of hydrogen-bond donors (Lipinski definition) is 0. The molecule has 6 nitrogen and oxygen atoms in total. The standard InChI is InChI=1S/C17H15ClN2O4S/c1-12-9-14(18)7-8-15(12)23-10-16-19-20-17(24-16)25(21,22)11-13-5-3-2-4-6-13/h2-9H,10-11H2,1H3. The lowest BCUT2D eigenvalue weighted by Crippen LogP contribution is -2.05. The summed E-state index contributed by atoms with van der Waals surface area (Å²) in [5.41, 5.74) is 1.50. The molecule has 0 saturated heterocycles. The molecular weight excluding hydrogens is 364 g/mol. The largest absolute Gasteiger partial charge is 0.484 e. The minimum Gasteiger partial charge on any atom is -0.484 e. The van der Waals surface area contributed by atoms with Gasteiger partial charge in [-0.1, -0.05) is 47.0 Å². The van der Waals surface area contributed by atoms with Crippen molar-refractivity contribution in [2.75, 3.05) is 0 Å². The SMILES string of the molecule is Cc1cc(Cl)ccc1OCc1nnc(S(=O)(=O)Cc2ccccc2)o1. The Morgan fingerprint density at radius 1 is 1.12 bits per heavy atom. The van der Waals surface area contributed by atoms with E-state index in [4.69, 9.17) is 20.8 Å². The predicted molar refractivity (Wildman–Crippen MR) is 92.2 cm³/mol. The van der Waals surface area contributed by atoms with E-state index in [1.165, 1.54) is 0 Å². The van der Waals surface area contributed by atoms with Crippen LogP contribution in [0.25, 0.3) is 0 Å². The van der Waals surface area contributed by atoms with Crippen molar-refractivity contribution in [3.05, 3.63) is 70.6 Å². The molecule has 0 radical (unpaired) electrons. The van der Waals surface area contributed by atoms with Gasteiger partial charge in [-0.05, 0) is 36.2 Å². The molecule has 0 atom stereocenters. The number of rotatable bonds is 6. The van der Waals surface area contributed by atoms with Gasteiger partial charge in [0.15, 0.2) is 6.61 Å². The smallest absolute Gasteiger partial charge is 0.335 e. The van der Waals surface area contributed by atoms with Gasteiger partial charge in [0.25, 0.3) is 5.89 Å². The molecule has 1 heterocycles. The number of hydrogen-bond acceptors (Lipinski definition) is 6. The Balaban J connectivity index is 1.69. The molecule has 2 aromatic carbocycles. The number of aromatic nitrogens is 2. The number of sulfone groups is 1. The summed E-state index contributed by atoms with van der Waals surface area (Å²) < 4.78 is 35.5. The van der Waals surface area contributed by atoms with E-state index in [0.717, 1.165) is 5.56 Å². The second-order valence-electron chi connectivity index (χ2n) is 5.40.